The molecule has 0 bridgehead atoms. The van der Waals surface area contributed by atoms with Crippen molar-refractivity contribution >= 4 is 23.2 Å². The number of anilines is 2. The highest BCUT2D eigenvalue weighted by Crippen LogP contribution is 2.17. The lowest BCUT2D eigenvalue weighted by atomic mass is 10.0. The van der Waals surface area contributed by atoms with Gasteiger partial charge in [0, 0.05) is 24.2 Å². The summed E-state index contributed by atoms with van der Waals surface area (Å²) in [7, 11) is 0. The van der Waals surface area contributed by atoms with Gasteiger partial charge in [-0.3, -0.25) is 9.59 Å². The summed E-state index contributed by atoms with van der Waals surface area (Å²) in [5, 5.41) is 2.72. The van der Waals surface area contributed by atoms with E-state index in [9.17, 15) is 9.59 Å². The molecular weight excluding hydrogens is 394 g/mol. The van der Waals surface area contributed by atoms with E-state index >= 15 is 0 Å². The van der Waals surface area contributed by atoms with Crippen molar-refractivity contribution in [1.29, 1.82) is 0 Å². The molecule has 0 spiro atoms. The van der Waals surface area contributed by atoms with Crippen LogP contribution < -0.4 is 15.0 Å². The Balaban J connectivity index is 1.27. The molecule has 2 heterocycles. The second-order valence-electron chi connectivity index (χ2n) is 7.06. The van der Waals surface area contributed by atoms with Crippen molar-refractivity contribution in [2.24, 2.45) is 0 Å². The Morgan fingerprint density at radius 3 is 2.32 bits per heavy atom. The number of carbonyl (C=O) groups is 2. The Hall–Kier alpha value is -3.71. The molecule has 0 aliphatic carbocycles. The molecule has 4 rings (SSSR count). The predicted molar refractivity (Wildman–Crippen MR) is 118 cm³/mol. The molecule has 31 heavy (non-hydrogen) atoms. The Morgan fingerprint density at radius 1 is 0.935 bits per heavy atom. The van der Waals surface area contributed by atoms with Crippen LogP contribution in [0.25, 0.3) is 0 Å². The average Bonchev–Trinajstić information content (AvgIpc) is 2.84. The first kappa shape index (κ1) is 20.6. The summed E-state index contributed by atoms with van der Waals surface area (Å²) in [6.07, 6.45) is 1.74. The van der Waals surface area contributed by atoms with Gasteiger partial charge >= 0.3 is 0 Å². The first-order valence-corrected chi connectivity index (χ1v) is 10.1. The molecule has 158 valence electrons. The number of benzene rings is 2. The zero-order valence-electron chi connectivity index (χ0n) is 17.0. The molecule has 1 aliphatic heterocycles. The SMILES string of the molecule is O=C(COc1ccc(C(=O)c2ccccc2)cc1)Nc1ccc(N2CCOCC2)cn1. The summed E-state index contributed by atoms with van der Waals surface area (Å²) in [5.41, 5.74) is 2.19. The third-order valence-electron chi connectivity index (χ3n) is 4.91. The molecule has 7 heteroatoms. The minimum atomic E-state index is -0.309. The van der Waals surface area contributed by atoms with Gasteiger partial charge in [0.05, 0.1) is 25.1 Å². The van der Waals surface area contributed by atoms with Crippen LogP contribution in [0.4, 0.5) is 11.5 Å². The molecule has 1 amide bonds. The molecule has 7 nitrogen and oxygen atoms in total. The molecule has 1 saturated heterocycles. The van der Waals surface area contributed by atoms with Gasteiger partial charge in [0.1, 0.15) is 11.6 Å². The van der Waals surface area contributed by atoms with Crippen molar-refractivity contribution in [1.82, 2.24) is 4.98 Å². The van der Waals surface area contributed by atoms with E-state index in [-0.39, 0.29) is 18.3 Å². The molecular formula is C24H23N3O4. The van der Waals surface area contributed by atoms with Crippen molar-refractivity contribution in [2.45, 2.75) is 0 Å². The number of hydrogen-bond acceptors (Lipinski definition) is 6. The lowest BCUT2D eigenvalue weighted by Crippen LogP contribution is -2.36. The van der Waals surface area contributed by atoms with Crippen LogP contribution in [0.15, 0.2) is 72.9 Å². The normalized spacial score (nSPS) is 13.5. The van der Waals surface area contributed by atoms with Crippen molar-refractivity contribution < 1.29 is 19.1 Å². The lowest BCUT2D eigenvalue weighted by molar-refractivity contribution is -0.118. The van der Waals surface area contributed by atoms with Crippen LogP contribution in [0.5, 0.6) is 5.75 Å². The fourth-order valence-corrected chi connectivity index (χ4v) is 3.26. The number of rotatable bonds is 7. The maximum Gasteiger partial charge on any atom is 0.263 e. The highest BCUT2D eigenvalue weighted by Gasteiger charge is 2.12. The van der Waals surface area contributed by atoms with Crippen molar-refractivity contribution in [2.75, 3.05) is 43.1 Å². The molecule has 3 aromatic rings. The van der Waals surface area contributed by atoms with Gasteiger partial charge in [-0.2, -0.15) is 0 Å². The highest BCUT2D eigenvalue weighted by molar-refractivity contribution is 6.09. The fourth-order valence-electron chi connectivity index (χ4n) is 3.26. The van der Waals surface area contributed by atoms with Crippen LogP contribution >= 0.6 is 0 Å². The van der Waals surface area contributed by atoms with Crippen LogP contribution in [0.2, 0.25) is 0 Å². The standard InChI is InChI=1S/C24H23N3O4/c28-23(26-22-11-8-20(16-25-22)27-12-14-30-15-13-27)17-31-21-9-6-19(7-10-21)24(29)18-4-2-1-3-5-18/h1-11,16H,12-15,17H2,(H,25,26,28). The molecule has 0 saturated carbocycles. The molecule has 1 fully saturated rings. The first-order chi connectivity index (χ1) is 15.2. The van der Waals surface area contributed by atoms with Crippen LogP contribution in [-0.2, 0) is 9.53 Å². The van der Waals surface area contributed by atoms with E-state index in [1.807, 2.05) is 24.3 Å². The number of hydrogen-bond donors (Lipinski definition) is 1. The van der Waals surface area contributed by atoms with E-state index in [0.29, 0.717) is 35.9 Å². The first-order valence-electron chi connectivity index (χ1n) is 10.1. The molecule has 1 N–H and O–H groups in total. The van der Waals surface area contributed by atoms with Crippen molar-refractivity contribution in [3.8, 4) is 5.75 Å². The Bertz CT molecular complexity index is 1010. The largest absolute Gasteiger partial charge is 0.484 e. The molecule has 2 aromatic carbocycles. The summed E-state index contributed by atoms with van der Waals surface area (Å²) in [6.45, 7) is 2.92. The van der Waals surface area contributed by atoms with E-state index in [1.54, 1.807) is 48.7 Å². The zero-order chi connectivity index (χ0) is 21.5. The molecule has 0 atom stereocenters. The van der Waals surface area contributed by atoms with Gasteiger partial charge in [-0.05, 0) is 36.4 Å². The number of amides is 1. The number of morpholine rings is 1. The van der Waals surface area contributed by atoms with Gasteiger partial charge in [-0.1, -0.05) is 30.3 Å². The van der Waals surface area contributed by atoms with E-state index in [0.717, 1.165) is 18.8 Å². The number of carbonyl (C=O) groups excluding carboxylic acids is 2. The van der Waals surface area contributed by atoms with Crippen LogP contribution in [0, 0.1) is 0 Å². The number of aromatic nitrogens is 1. The molecule has 0 unspecified atom stereocenters. The summed E-state index contributed by atoms with van der Waals surface area (Å²) in [5.74, 6) is 0.609. The summed E-state index contributed by atoms with van der Waals surface area (Å²) in [6, 6.07) is 19.5. The summed E-state index contributed by atoms with van der Waals surface area (Å²) < 4.78 is 10.9. The minimum Gasteiger partial charge on any atom is -0.484 e. The number of ether oxygens (including phenoxy) is 2. The Kier molecular flexibility index (Phi) is 6.54. The number of nitrogens with zero attached hydrogens (tertiary/aromatic N) is 2. The molecule has 0 radical (unpaired) electrons. The second kappa shape index (κ2) is 9.86. The fraction of sp³-hybridized carbons (Fsp3) is 0.208. The van der Waals surface area contributed by atoms with Crippen molar-refractivity contribution in [3.05, 3.63) is 84.1 Å². The van der Waals surface area contributed by atoms with Crippen LogP contribution in [-0.4, -0.2) is 49.6 Å². The van der Waals surface area contributed by atoms with Crippen LogP contribution in [0.3, 0.4) is 0 Å². The smallest absolute Gasteiger partial charge is 0.263 e. The van der Waals surface area contributed by atoms with Gasteiger partial charge in [-0.15, -0.1) is 0 Å². The lowest BCUT2D eigenvalue weighted by Gasteiger charge is -2.28. The van der Waals surface area contributed by atoms with Gasteiger partial charge in [0.15, 0.2) is 12.4 Å². The quantitative estimate of drug-likeness (QED) is 0.595. The zero-order valence-corrected chi connectivity index (χ0v) is 17.0. The van der Waals surface area contributed by atoms with Gasteiger partial charge in [0.2, 0.25) is 0 Å². The summed E-state index contributed by atoms with van der Waals surface area (Å²) in [4.78, 5) is 31.1. The molecule has 1 aliphatic rings. The van der Waals surface area contributed by atoms with E-state index < -0.39 is 0 Å². The van der Waals surface area contributed by atoms with Crippen molar-refractivity contribution in [3.63, 3.8) is 0 Å². The average molecular weight is 417 g/mol. The molecule has 1 aromatic heterocycles. The monoisotopic (exact) mass is 417 g/mol. The van der Waals surface area contributed by atoms with Gasteiger partial charge in [0.25, 0.3) is 5.91 Å². The van der Waals surface area contributed by atoms with Crippen LogP contribution in [0.1, 0.15) is 15.9 Å². The number of ketones is 1. The van der Waals surface area contributed by atoms with Gasteiger partial charge < -0.3 is 19.7 Å². The minimum absolute atomic E-state index is 0.0588. The van der Waals surface area contributed by atoms with Gasteiger partial charge in [-0.25, -0.2) is 4.98 Å². The third kappa shape index (κ3) is 5.46. The Morgan fingerprint density at radius 2 is 1.65 bits per heavy atom. The highest BCUT2D eigenvalue weighted by atomic mass is 16.5. The maximum absolute atomic E-state index is 12.4. The van der Waals surface area contributed by atoms with E-state index in [2.05, 4.69) is 15.2 Å². The number of nitrogens with one attached hydrogen (secondary N) is 1. The maximum atomic E-state index is 12.4. The number of pyridine rings is 1. The third-order valence-corrected chi connectivity index (χ3v) is 4.91. The van der Waals surface area contributed by atoms with E-state index in [4.69, 9.17) is 9.47 Å². The second-order valence-corrected chi connectivity index (χ2v) is 7.06. The topological polar surface area (TPSA) is 80.8 Å². The predicted octanol–water partition coefficient (Wildman–Crippen LogP) is 3.17. The summed E-state index contributed by atoms with van der Waals surface area (Å²) >= 11 is 0. The Labute approximate surface area is 180 Å². The van der Waals surface area contributed by atoms with E-state index in [1.165, 1.54) is 0 Å².